The van der Waals surface area contributed by atoms with Crippen LogP contribution in [0, 0.1) is 17.0 Å². The van der Waals surface area contributed by atoms with Crippen LogP contribution < -0.4 is 4.90 Å². The van der Waals surface area contributed by atoms with Crippen LogP contribution in [-0.2, 0) is 4.79 Å². The number of anilines is 1. The Hall–Kier alpha value is -2.11. The first-order chi connectivity index (χ1) is 8.47. The molecule has 1 N–H and O–H groups in total. The number of benzene rings is 1. The van der Waals surface area contributed by atoms with Crippen molar-refractivity contribution in [1.29, 1.82) is 0 Å². The molecule has 1 aromatic rings. The van der Waals surface area contributed by atoms with Crippen LogP contribution in [0.5, 0.6) is 0 Å². The van der Waals surface area contributed by atoms with E-state index in [2.05, 4.69) is 0 Å². The standard InChI is InChI=1S/C12H16N2O4/c1-3-7-13(8-11(15)16)10-6-4-5-9(2)12(10)14(17)18/h4-6H,3,7-8H2,1-2H3,(H,15,16). The van der Waals surface area contributed by atoms with E-state index in [-0.39, 0.29) is 12.2 Å². The minimum Gasteiger partial charge on any atom is -0.480 e. The molecule has 98 valence electrons. The Bertz CT molecular complexity index is 459. The van der Waals surface area contributed by atoms with Crippen molar-refractivity contribution in [3.63, 3.8) is 0 Å². The summed E-state index contributed by atoms with van der Waals surface area (Å²) in [6, 6.07) is 4.93. The third-order valence-corrected chi connectivity index (χ3v) is 2.56. The van der Waals surface area contributed by atoms with Gasteiger partial charge in [0.05, 0.1) is 4.92 Å². The normalized spacial score (nSPS) is 10.1. The number of aliphatic carboxylic acids is 1. The van der Waals surface area contributed by atoms with Crippen LogP contribution in [0.15, 0.2) is 18.2 Å². The highest BCUT2D eigenvalue weighted by Gasteiger charge is 2.22. The smallest absolute Gasteiger partial charge is 0.323 e. The summed E-state index contributed by atoms with van der Waals surface area (Å²) in [4.78, 5) is 22.9. The third-order valence-electron chi connectivity index (χ3n) is 2.56. The van der Waals surface area contributed by atoms with Gasteiger partial charge in [0, 0.05) is 12.1 Å². The molecule has 0 unspecified atom stereocenters. The second-order valence-corrected chi connectivity index (χ2v) is 4.02. The zero-order chi connectivity index (χ0) is 13.7. The maximum absolute atomic E-state index is 11.1. The molecule has 0 aliphatic heterocycles. The highest BCUT2D eigenvalue weighted by atomic mass is 16.6. The summed E-state index contributed by atoms with van der Waals surface area (Å²) in [5.74, 6) is -1.00. The molecule has 0 saturated carbocycles. The number of nitrogens with zero attached hydrogens (tertiary/aromatic N) is 2. The summed E-state index contributed by atoms with van der Waals surface area (Å²) < 4.78 is 0. The number of nitro benzene ring substituents is 1. The predicted molar refractivity (Wildman–Crippen MR) is 68.0 cm³/mol. The molecule has 18 heavy (non-hydrogen) atoms. The van der Waals surface area contributed by atoms with Crippen molar-refractivity contribution < 1.29 is 14.8 Å². The first kappa shape index (κ1) is 14.0. The summed E-state index contributed by atoms with van der Waals surface area (Å²) in [6.07, 6.45) is 0.721. The van der Waals surface area contributed by atoms with Crippen molar-refractivity contribution in [2.45, 2.75) is 20.3 Å². The van der Waals surface area contributed by atoms with Gasteiger partial charge in [-0.1, -0.05) is 19.1 Å². The minimum atomic E-state index is -1.00. The maximum Gasteiger partial charge on any atom is 0.323 e. The van der Waals surface area contributed by atoms with E-state index in [9.17, 15) is 14.9 Å². The molecule has 6 heteroatoms. The van der Waals surface area contributed by atoms with Crippen molar-refractivity contribution in [1.82, 2.24) is 0 Å². The zero-order valence-corrected chi connectivity index (χ0v) is 10.4. The van der Waals surface area contributed by atoms with Gasteiger partial charge < -0.3 is 10.0 Å². The van der Waals surface area contributed by atoms with Crippen molar-refractivity contribution in [2.75, 3.05) is 18.0 Å². The Balaban J connectivity index is 3.22. The van der Waals surface area contributed by atoms with E-state index in [0.29, 0.717) is 17.8 Å². The Morgan fingerprint density at radius 2 is 2.17 bits per heavy atom. The Kier molecular flexibility index (Phi) is 4.65. The fourth-order valence-electron chi connectivity index (χ4n) is 1.85. The van der Waals surface area contributed by atoms with Gasteiger partial charge in [0.2, 0.25) is 0 Å². The molecule has 0 spiro atoms. The number of carboxylic acid groups (broad SMARTS) is 1. The second-order valence-electron chi connectivity index (χ2n) is 4.02. The fraction of sp³-hybridized carbons (Fsp3) is 0.417. The van der Waals surface area contributed by atoms with Crippen LogP contribution in [0.25, 0.3) is 0 Å². The van der Waals surface area contributed by atoms with Crippen LogP contribution in [0.1, 0.15) is 18.9 Å². The van der Waals surface area contributed by atoms with Crippen LogP contribution in [-0.4, -0.2) is 29.1 Å². The molecule has 6 nitrogen and oxygen atoms in total. The molecule has 1 rings (SSSR count). The van der Waals surface area contributed by atoms with E-state index in [1.54, 1.807) is 25.1 Å². The molecule has 0 heterocycles. The highest BCUT2D eigenvalue weighted by Crippen LogP contribution is 2.31. The summed E-state index contributed by atoms with van der Waals surface area (Å²) in [6.45, 7) is 3.78. The van der Waals surface area contributed by atoms with Gasteiger partial charge in [0.15, 0.2) is 0 Å². The van der Waals surface area contributed by atoms with E-state index in [1.807, 2.05) is 6.92 Å². The zero-order valence-electron chi connectivity index (χ0n) is 10.4. The lowest BCUT2D eigenvalue weighted by Crippen LogP contribution is -2.31. The SMILES string of the molecule is CCCN(CC(=O)O)c1cccc(C)c1[N+](=O)[O-]. The monoisotopic (exact) mass is 252 g/mol. The molecule has 0 radical (unpaired) electrons. The Morgan fingerprint density at radius 1 is 1.50 bits per heavy atom. The second kappa shape index (κ2) is 6.00. The van der Waals surface area contributed by atoms with Crippen molar-refractivity contribution in [2.24, 2.45) is 0 Å². The van der Waals surface area contributed by atoms with Crippen LogP contribution in [0.3, 0.4) is 0 Å². The van der Waals surface area contributed by atoms with Crippen molar-refractivity contribution in [3.05, 3.63) is 33.9 Å². The molecule has 0 aromatic heterocycles. The molecule has 0 bridgehead atoms. The van der Waals surface area contributed by atoms with Crippen molar-refractivity contribution in [3.8, 4) is 0 Å². The van der Waals surface area contributed by atoms with Gasteiger partial charge in [-0.2, -0.15) is 0 Å². The van der Waals surface area contributed by atoms with Gasteiger partial charge in [-0.05, 0) is 19.4 Å². The molecule has 0 saturated heterocycles. The van der Waals surface area contributed by atoms with Gasteiger partial charge in [0.1, 0.15) is 12.2 Å². The van der Waals surface area contributed by atoms with Gasteiger partial charge in [0.25, 0.3) is 5.69 Å². The number of hydrogen-bond acceptors (Lipinski definition) is 4. The summed E-state index contributed by atoms with van der Waals surface area (Å²) >= 11 is 0. The number of nitro groups is 1. The van der Waals surface area contributed by atoms with E-state index in [1.165, 1.54) is 4.90 Å². The molecule has 0 aliphatic rings. The molecule has 0 fully saturated rings. The summed E-state index contributed by atoms with van der Waals surface area (Å²) in [5.41, 5.74) is 0.875. The van der Waals surface area contributed by atoms with E-state index in [0.717, 1.165) is 6.42 Å². The molecule has 1 aromatic carbocycles. The van der Waals surface area contributed by atoms with Gasteiger partial charge in [-0.25, -0.2) is 0 Å². The van der Waals surface area contributed by atoms with Crippen LogP contribution in [0.2, 0.25) is 0 Å². The Morgan fingerprint density at radius 3 is 2.67 bits per heavy atom. The van der Waals surface area contributed by atoms with E-state index >= 15 is 0 Å². The van der Waals surface area contributed by atoms with E-state index in [4.69, 9.17) is 5.11 Å². The number of hydrogen-bond donors (Lipinski definition) is 1. The molecule has 0 atom stereocenters. The maximum atomic E-state index is 11.1. The van der Waals surface area contributed by atoms with Gasteiger partial charge in [-0.3, -0.25) is 14.9 Å². The van der Waals surface area contributed by atoms with Gasteiger partial charge >= 0.3 is 5.97 Å². The topological polar surface area (TPSA) is 83.7 Å². The number of para-hydroxylation sites is 1. The summed E-state index contributed by atoms with van der Waals surface area (Å²) in [7, 11) is 0. The first-order valence-electron chi connectivity index (χ1n) is 5.68. The largest absolute Gasteiger partial charge is 0.480 e. The highest BCUT2D eigenvalue weighted by molar-refractivity contribution is 5.77. The van der Waals surface area contributed by atoms with Crippen LogP contribution in [0.4, 0.5) is 11.4 Å². The number of carbonyl (C=O) groups is 1. The first-order valence-corrected chi connectivity index (χ1v) is 5.68. The predicted octanol–water partition coefficient (Wildman–Crippen LogP) is 2.20. The summed E-state index contributed by atoms with van der Waals surface area (Å²) in [5, 5.41) is 19.9. The third kappa shape index (κ3) is 3.19. The number of rotatable bonds is 6. The van der Waals surface area contributed by atoms with Crippen LogP contribution >= 0.6 is 0 Å². The molecule has 0 amide bonds. The number of aryl methyl sites for hydroxylation is 1. The Labute approximate surface area is 105 Å². The average Bonchev–Trinajstić information content (AvgIpc) is 2.27. The minimum absolute atomic E-state index is 0.0211. The quantitative estimate of drug-likeness (QED) is 0.619. The van der Waals surface area contributed by atoms with E-state index < -0.39 is 10.9 Å². The molecule has 0 aliphatic carbocycles. The fourth-order valence-corrected chi connectivity index (χ4v) is 1.85. The molecular formula is C12H16N2O4. The lowest BCUT2D eigenvalue weighted by Gasteiger charge is -2.22. The van der Waals surface area contributed by atoms with Gasteiger partial charge in [-0.15, -0.1) is 0 Å². The number of carboxylic acids is 1. The lowest BCUT2D eigenvalue weighted by molar-refractivity contribution is -0.384. The van der Waals surface area contributed by atoms with Crippen molar-refractivity contribution >= 4 is 17.3 Å². The lowest BCUT2D eigenvalue weighted by atomic mass is 10.1. The average molecular weight is 252 g/mol. The molecular weight excluding hydrogens is 236 g/mol.